The molecule has 0 amide bonds. The normalized spacial score (nSPS) is 13.9. The number of hydrogen-bond donors (Lipinski definition) is 2. The summed E-state index contributed by atoms with van der Waals surface area (Å²) in [7, 11) is -1.50. The fourth-order valence-electron chi connectivity index (χ4n) is 1.57. The molecule has 1 aromatic rings. The highest BCUT2D eigenvalue weighted by Crippen LogP contribution is 2.24. The zero-order valence-electron chi connectivity index (χ0n) is 10.6. The van der Waals surface area contributed by atoms with Gasteiger partial charge in [-0.15, -0.1) is 11.3 Å². The van der Waals surface area contributed by atoms with Crippen molar-refractivity contribution in [3.8, 4) is 0 Å². The molecule has 0 saturated heterocycles. The van der Waals surface area contributed by atoms with Gasteiger partial charge < -0.3 is 5.32 Å². The van der Waals surface area contributed by atoms with Crippen LogP contribution in [-0.2, 0) is 10.0 Å². The second-order valence-electron chi connectivity index (χ2n) is 3.94. The third-order valence-electron chi connectivity index (χ3n) is 2.31. The van der Waals surface area contributed by atoms with Crippen LogP contribution in [0, 0.1) is 13.8 Å². The Kier molecular flexibility index (Phi) is 5.05. The summed E-state index contributed by atoms with van der Waals surface area (Å²) in [6.07, 6.45) is 0. The van der Waals surface area contributed by atoms with Crippen LogP contribution in [0.4, 0.5) is 0 Å². The van der Waals surface area contributed by atoms with Crippen LogP contribution in [-0.4, -0.2) is 32.7 Å². The molecule has 0 fully saturated rings. The zero-order chi connectivity index (χ0) is 13.1. The molecular formula is C10H19N3O2S2. The molecule has 1 heterocycles. The number of aryl methyl sites for hydroxylation is 2. The first-order valence-corrected chi connectivity index (χ1v) is 7.91. The van der Waals surface area contributed by atoms with Crippen molar-refractivity contribution in [1.29, 1.82) is 0 Å². The maximum Gasteiger partial charge on any atom is 0.213 e. The third kappa shape index (κ3) is 4.34. The van der Waals surface area contributed by atoms with Crippen molar-refractivity contribution in [2.45, 2.75) is 26.8 Å². The Labute approximate surface area is 107 Å². The number of nitrogens with one attached hydrogen (secondary N) is 2. The molecule has 98 valence electrons. The highest BCUT2D eigenvalue weighted by atomic mass is 32.2. The van der Waals surface area contributed by atoms with Crippen molar-refractivity contribution in [3.63, 3.8) is 0 Å². The molecule has 0 radical (unpaired) electrons. The largest absolute Gasteiger partial charge is 0.319 e. The van der Waals surface area contributed by atoms with E-state index in [2.05, 4.69) is 15.0 Å². The van der Waals surface area contributed by atoms with E-state index in [1.165, 1.54) is 11.3 Å². The van der Waals surface area contributed by atoms with Crippen molar-refractivity contribution < 1.29 is 8.42 Å². The maximum absolute atomic E-state index is 11.7. The Morgan fingerprint density at radius 3 is 2.53 bits per heavy atom. The van der Waals surface area contributed by atoms with E-state index in [9.17, 15) is 8.42 Å². The van der Waals surface area contributed by atoms with Crippen molar-refractivity contribution in [2.24, 2.45) is 0 Å². The third-order valence-corrected chi connectivity index (χ3v) is 5.02. The average Bonchev–Trinajstić information content (AvgIpc) is 2.54. The Hall–Kier alpha value is -0.500. The Morgan fingerprint density at radius 1 is 1.41 bits per heavy atom. The quantitative estimate of drug-likeness (QED) is 0.812. The first-order valence-electron chi connectivity index (χ1n) is 5.44. The molecule has 0 spiro atoms. The number of hydrogen-bond acceptors (Lipinski definition) is 5. The second-order valence-corrected chi connectivity index (χ2v) is 7.05. The molecule has 17 heavy (non-hydrogen) atoms. The molecule has 5 nitrogen and oxygen atoms in total. The molecule has 7 heteroatoms. The van der Waals surface area contributed by atoms with E-state index in [0.29, 0.717) is 6.54 Å². The maximum atomic E-state index is 11.7. The van der Waals surface area contributed by atoms with Crippen molar-refractivity contribution in [1.82, 2.24) is 15.0 Å². The molecule has 1 rings (SSSR count). The minimum absolute atomic E-state index is 0.0880. The highest BCUT2D eigenvalue weighted by Gasteiger charge is 2.18. The smallest absolute Gasteiger partial charge is 0.213 e. The molecule has 0 aliphatic rings. The molecule has 0 aliphatic carbocycles. The van der Waals surface area contributed by atoms with E-state index in [1.54, 1.807) is 7.05 Å². The lowest BCUT2D eigenvalue weighted by atomic mass is 10.2. The van der Waals surface area contributed by atoms with Crippen LogP contribution in [0.5, 0.6) is 0 Å². The van der Waals surface area contributed by atoms with E-state index in [1.807, 2.05) is 20.8 Å². The topological polar surface area (TPSA) is 71.1 Å². The van der Waals surface area contributed by atoms with Crippen molar-refractivity contribution >= 4 is 21.4 Å². The molecule has 2 N–H and O–H groups in total. The summed E-state index contributed by atoms with van der Waals surface area (Å²) in [4.78, 5) is 5.28. The van der Waals surface area contributed by atoms with Gasteiger partial charge in [0.2, 0.25) is 10.0 Å². The first-order chi connectivity index (χ1) is 7.85. The first kappa shape index (κ1) is 14.6. The average molecular weight is 277 g/mol. The lowest BCUT2D eigenvalue weighted by Crippen LogP contribution is -2.32. The SMILES string of the molecule is CNCCS(=O)(=O)NC(C)c1sc(C)nc1C. The number of rotatable bonds is 6. The van der Waals surface area contributed by atoms with Crippen LogP contribution >= 0.6 is 11.3 Å². The highest BCUT2D eigenvalue weighted by molar-refractivity contribution is 7.89. The monoisotopic (exact) mass is 277 g/mol. The molecule has 0 saturated carbocycles. The molecule has 0 bridgehead atoms. The summed E-state index contributed by atoms with van der Waals surface area (Å²) in [5, 5.41) is 3.78. The Balaban J connectivity index is 2.72. The lowest BCUT2D eigenvalue weighted by molar-refractivity contribution is 0.566. The number of nitrogens with zero attached hydrogens (tertiary/aromatic N) is 1. The van der Waals surface area contributed by atoms with Gasteiger partial charge in [0.05, 0.1) is 22.5 Å². The van der Waals surface area contributed by atoms with E-state index in [0.717, 1.165) is 15.6 Å². The van der Waals surface area contributed by atoms with Gasteiger partial charge in [-0.2, -0.15) is 0 Å². The lowest BCUT2D eigenvalue weighted by Gasteiger charge is -2.13. The van der Waals surface area contributed by atoms with Crippen LogP contribution in [0.15, 0.2) is 0 Å². The van der Waals surface area contributed by atoms with Gasteiger partial charge >= 0.3 is 0 Å². The molecule has 1 aromatic heterocycles. The standard InChI is InChI=1S/C10H19N3O2S2/c1-7-10(16-9(3)12-7)8(2)13-17(14,15)6-5-11-4/h8,11,13H,5-6H2,1-4H3. The fraction of sp³-hybridized carbons (Fsp3) is 0.700. The van der Waals surface area contributed by atoms with E-state index >= 15 is 0 Å². The molecule has 1 unspecified atom stereocenters. The number of sulfonamides is 1. The van der Waals surface area contributed by atoms with Gasteiger partial charge in [-0.25, -0.2) is 18.1 Å². The Morgan fingerprint density at radius 2 is 2.06 bits per heavy atom. The van der Waals surface area contributed by atoms with Gasteiger partial charge in [0.1, 0.15) is 0 Å². The van der Waals surface area contributed by atoms with Crippen LogP contribution in [0.1, 0.15) is 28.5 Å². The second kappa shape index (κ2) is 5.90. The van der Waals surface area contributed by atoms with Gasteiger partial charge in [0, 0.05) is 11.4 Å². The van der Waals surface area contributed by atoms with Crippen LogP contribution in [0.3, 0.4) is 0 Å². The predicted molar refractivity (Wildman–Crippen MR) is 70.9 cm³/mol. The van der Waals surface area contributed by atoms with Gasteiger partial charge in [0.15, 0.2) is 0 Å². The Bertz CT molecular complexity index is 468. The van der Waals surface area contributed by atoms with Crippen LogP contribution in [0.25, 0.3) is 0 Å². The molecule has 0 aliphatic heterocycles. The van der Waals surface area contributed by atoms with Gasteiger partial charge in [0.25, 0.3) is 0 Å². The van der Waals surface area contributed by atoms with Crippen LogP contribution in [0.2, 0.25) is 0 Å². The van der Waals surface area contributed by atoms with Crippen molar-refractivity contribution in [2.75, 3.05) is 19.3 Å². The van der Waals surface area contributed by atoms with E-state index in [4.69, 9.17) is 0 Å². The minimum Gasteiger partial charge on any atom is -0.319 e. The summed E-state index contributed by atoms with van der Waals surface area (Å²) in [6, 6.07) is -0.219. The van der Waals surface area contributed by atoms with Gasteiger partial charge in [-0.05, 0) is 27.8 Å². The van der Waals surface area contributed by atoms with Crippen molar-refractivity contribution in [3.05, 3.63) is 15.6 Å². The van der Waals surface area contributed by atoms with Gasteiger partial charge in [-0.1, -0.05) is 0 Å². The summed E-state index contributed by atoms with van der Waals surface area (Å²) < 4.78 is 26.1. The summed E-state index contributed by atoms with van der Waals surface area (Å²) in [5.41, 5.74) is 0.899. The van der Waals surface area contributed by atoms with Gasteiger partial charge in [-0.3, -0.25) is 0 Å². The summed E-state index contributed by atoms with van der Waals surface area (Å²) in [5.74, 6) is 0.0880. The predicted octanol–water partition coefficient (Wildman–Crippen LogP) is 0.960. The minimum atomic E-state index is -3.23. The summed E-state index contributed by atoms with van der Waals surface area (Å²) >= 11 is 1.53. The molecule has 1 atom stereocenters. The summed E-state index contributed by atoms with van der Waals surface area (Å²) in [6.45, 7) is 6.11. The number of aromatic nitrogens is 1. The number of thiazole rings is 1. The van der Waals surface area contributed by atoms with E-state index < -0.39 is 10.0 Å². The zero-order valence-corrected chi connectivity index (χ0v) is 12.2. The molecular weight excluding hydrogens is 258 g/mol. The molecule has 0 aromatic carbocycles. The van der Waals surface area contributed by atoms with E-state index in [-0.39, 0.29) is 11.8 Å². The fourth-order valence-corrected chi connectivity index (χ4v) is 3.82. The van der Waals surface area contributed by atoms with Crippen LogP contribution < -0.4 is 10.0 Å².